The van der Waals surface area contributed by atoms with E-state index >= 15 is 0 Å². The average Bonchev–Trinajstić information content (AvgIpc) is 2.97. The van der Waals surface area contributed by atoms with Crippen LogP contribution in [0.4, 0.5) is 28.4 Å². The number of likely N-dealkylation sites (tertiary alicyclic amines) is 1. The fourth-order valence-corrected chi connectivity index (χ4v) is 6.81. The minimum atomic E-state index is -4.89. The number of rotatable bonds is 8. The van der Waals surface area contributed by atoms with Crippen molar-refractivity contribution in [3.63, 3.8) is 0 Å². The second-order valence-electron chi connectivity index (χ2n) is 11.8. The van der Waals surface area contributed by atoms with E-state index in [9.17, 15) is 37.5 Å². The lowest BCUT2D eigenvalue weighted by Crippen LogP contribution is -2.54. The number of hydrogen-bond donors (Lipinski definition) is 2. The SMILES string of the molecule is CC(C)N(C(=O)c1cc2c(cc1C(F)(F)F)SC(C)(C)C(=O)N2CCNC(=O)OCc1ccccc1)[C@@H]1CCCN(C(=O)O)C1. The number of benzene rings is 2. The van der Waals surface area contributed by atoms with Gasteiger partial charge in [-0.3, -0.25) is 9.59 Å². The number of piperidine rings is 1. The molecule has 10 nitrogen and oxygen atoms in total. The Morgan fingerprint density at radius 2 is 1.87 bits per heavy atom. The molecular weight excluding hydrogens is 613 g/mol. The number of carboxylic acid groups (broad SMARTS) is 1. The van der Waals surface area contributed by atoms with Gasteiger partial charge in [0.15, 0.2) is 0 Å². The third-order valence-corrected chi connectivity index (χ3v) is 8.95. The second-order valence-corrected chi connectivity index (χ2v) is 13.4. The molecule has 2 aliphatic heterocycles. The van der Waals surface area contributed by atoms with E-state index in [1.54, 1.807) is 52.0 Å². The first-order chi connectivity index (χ1) is 21.1. The quantitative estimate of drug-likeness (QED) is 0.368. The fraction of sp³-hybridized carbons (Fsp3) is 0.484. The topological polar surface area (TPSA) is 119 Å². The van der Waals surface area contributed by atoms with Crippen LogP contribution in [0.2, 0.25) is 0 Å². The average molecular weight is 651 g/mol. The van der Waals surface area contributed by atoms with Crippen molar-refractivity contribution in [1.82, 2.24) is 15.1 Å². The lowest BCUT2D eigenvalue weighted by Gasteiger charge is -2.41. The Morgan fingerprint density at radius 3 is 2.49 bits per heavy atom. The first-order valence-corrected chi connectivity index (χ1v) is 15.4. The number of carbonyl (C=O) groups is 4. The first kappa shape index (κ1) is 33.9. The first-order valence-electron chi connectivity index (χ1n) is 14.6. The maximum atomic E-state index is 14.5. The molecule has 4 amide bonds. The number of ether oxygens (including phenoxy) is 1. The summed E-state index contributed by atoms with van der Waals surface area (Å²) in [5, 5.41) is 12.1. The van der Waals surface area contributed by atoms with Crippen molar-refractivity contribution >= 4 is 41.5 Å². The number of hydrogen-bond acceptors (Lipinski definition) is 6. The largest absolute Gasteiger partial charge is 0.465 e. The van der Waals surface area contributed by atoms with Gasteiger partial charge in [0.05, 0.1) is 27.6 Å². The smallest absolute Gasteiger partial charge is 0.417 e. The molecule has 45 heavy (non-hydrogen) atoms. The zero-order valence-electron chi connectivity index (χ0n) is 25.5. The molecule has 244 valence electrons. The van der Waals surface area contributed by atoms with Crippen LogP contribution < -0.4 is 10.2 Å². The van der Waals surface area contributed by atoms with Gasteiger partial charge < -0.3 is 29.9 Å². The molecule has 1 fully saturated rings. The van der Waals surface area contributed by atoms with Gasteiger partial charge in [-0.05, 0) is 58.2 Å². The van der Waals surface area contributed by atoms with Crippen LogP contribution in [-0.2, 0) is 22.3 Å². The maximum absolute atomic E-state index is 14.5. The third-order valence-electron chi connectivity index (χ3n) is 7.72. The highest BCUT2D eigenvalue weighted by molar-refractivity contribution is 8.01. The predicted molar refractivity (Wildman–Crippen MR) is 162 cm³/mol. The molecule has 1 atom stereocenters. The molecule has 0 aliphatic carbocycles. The lowest BCUT2D eigenvalue weighted by molar-refractivity contribution is -0.138. The Labute approximate surface area is 263 Å². The van der Waals surface area contributed by atoms with Crippen LogP contribution in [0.15, 0.2) is 47.4 Å². The number of carbonyl (C=O) groups excluding carboxylic acids is 3. The zero-order chi connectivity index (χ0) is 33.1. The molecule has 2 aromatic carbocycles. The molecular formula is C31H37F3N4O6S. The highest BCUT2D eigenvalue weighted by atomic mass is 32.2. The van der Waals surface area contributed by atoms with E-state index in [0.29, 0.717) is 12.8 Å². The van der Waals surface area contributed by atoms with Gasteiger partial charge in [0.1, 0.15) is 6.61 Å². The van der Waals surface area contributed by atoms with E-state index in [2.05, 4.69) is 5.32 Å². The Kier molecular flexibility index (Phi) is 10.3. The number of halogens is 3. The van der Waals surface area contributed by atoms with Gasteiger partial charge in [-0.1, -0.05) is 30.3 Å². The Bertz CT molecular complexity index is 1440. The molecule has 2 heterocycles. The molecule has 0 bridgehead atoms. The number of nitrogens with one attached hydrogen (secondary N) is 1. The van der Waals surface area contributed by atoms with Crippen molar-refractivity contribution in [2.45, 2.75) is 75.0 Å². The normalized spacial score (nSPS) is 18.0. The highest BCUT2D eigenvalue weighted by Crippen LogP contribution is 2.48. The number of nitrogens with zero attached hydrogens (tertiary/aromatic N) is 3. The predicted octanol–water partition coefficient (Wildman–Crippen LogP) is 5.84. The number of anilines is 1. The van der Waals surface area contributed by atoms with Crippen LogP contribution in [0, 0.1) is 0 Å². The summed E-state index contributed by atoms with van der Waals surface area (Å²) < 4.78 is 47.6. The fourth-order valence-electron chi connectivity index (χ4n) is 5.61. The van der Waals surface area contributed by atoms with E-state index in [0.717, 1.165) is 34.4 Å². The molecule has 0 saturated carbocycles. The number of amides is 4. The van der Waals surface area contributed by atoms with E-state index < -0.39 is 58.1 Å². The lowest BCUT2D eigenvalue weighted by atomic mass is 9.98. The molecule has 2 aliphatic rings. The summed E-state index contributed by atoms with van der Waals surface area (Å²) in [4.78, 5) is 55.4. The van der Waals surface area contributed by atoms with Gasteiger partial charge in [-0.2, -0.15) is 13.2 Å². The standard InChI is InChI=1S/C31H37F3N4O6S/c1-19(2)38(21-11-8-13-36(17-21)29(42)43)26(39)22-15-24-25(16-23(22)31(32,33)34)45-30(3,4)27(40)37(24)14-12-35-28(41)44-18-20-9-6-5-7-10-20/h5-7,9-10,15-16,19,21H,8,11-14,17-18H2,1-4H3,(H,35,41)(H,42,43)/t21-/m1/s1. The summed E-state index contributed by atoms with van der Waals surface area (Å²) in [6.07, 6.45) is -5.88. The van der Waals surface area contributed by atoms with Gasteiger partial charge >= 0.3 is 18.4 Å². The minimum Gasteiger partial charge on any atom is -0.465 e. The van der Waals surface area contributed by atoms with Crippen molar-refractivity contribution in [2.24, 2.45) is 0 Å². The van der Waals surface area contributed by atoms with E-state index in [1.165, 1.54) is 9.80 Å². The van der Waals surface area contributed by atoms with Gasteiger partial charge in [0.2, 0.25) is 5.91 Å². The number of alkyl carbamates (subject to hydrolysis) is 1. The minimum absolute atomic E-state index is 0.0216. The van der Waals surface area contributed by atoms with Crippen LogP contribution in [0.3, 0.4) is 0 Å². The van der Waals surface area contributed by atoms with Crippen molar-refractivity contribution in [2.75, 3.05) is 31.1 Å². The highest BCUT2D eigenvalue weighted by Gasteiger charge is 2.45. The number of fused-ring (bicyclic) bond motifs is 1. The summed E-state index contributed by atoms with van der Waals surface area (Å²) in [6.45, 7) is 6.67. The maximum Gasteiger partial charge on any atom is 0.417 e. The molecule has 0 unspecified atom stereocenters. The zero-order valence-corrected chi connectivity index (χ0v) is 26.3. The monoisotopic (exact) mass is 650 g/mol. The van der Waals surface area contributed by atoms with E-state index in [1.807, 2.05) is 6.07 Å². The molecule has 0 aromatic heterocycles. The molecule has 14 heteroatoms. The van der Waals surface area contributed by atoms with Crippen LogP contribution in [0.1, 0.15) is 62.0 Å². The Balaban J connectivity index is 1.64. The summed E-state index contributed by atoms with van der Waals surface area (Å²) in [5.41, 5.74) is -0.859. The molecule has 0 spiro atoms. The van der Waals surface area contributed by atoms with Crippen molar-refractivity contribution in [3.05, 3.63) is 59.2 Å². The molecule has 2 N–H and O–H groups in total. The van der Waals surface area contributed by atoms with Gasteiger partial charge in [0, 0.05) is 37.1 Å². The summed E-state index contributed by atoms with van der Waals surface area (Å²) >= 11 is 0.968. The van der Waals surface area contributed by atoms with Gasteiger partial charge in [-0.25, -0.2) is 9.59 Å². The van der Waals surface area contributed by atoms with Crippen LogP contribution >= 0.6 is 11.8 Å². The third kappa shape index (κ3) is 7.84. The van der Waals surface area contributed by atoms with Crippen LogP contribution in [0.25, 0.3) is 0 Å². The van der Waals surface area contributed by atoms with Crippen molar-refractivity contribution in [3.8, 4) is 0 Å². The van der Waals surface area contributed by atoms with Crippen LogP contribution in [-0.4, -0.2) is 81.9 Å². The Hall–Kier alpha value is -3.94. The van der Waals surface area contributed by atoms with Gasteiger partial charge in [-0.15, -0.1) is 11.8 Å². The summed E-state index contributed by atoms with van der Waals surface area (Å²) in [6, 6.07) is 9.86. The molecule has 4 rings (SSSR count). The van der Waals surface area contributed by atoms with Gasteiger partial charge in [0.25, 0.3) is 5.91 Å². The Morgan fingerprint density at radius 1 is 1.18 bits per heavy atom. The van der Waals surface area contributed by atoms with E-state index in [-0.39, 0.29) is 43.4 Å². The number of alkyl halides is 3. The molecule has 1 saturated heterocycles. The molecule has 2 aromatic rings. The number of thioether (sulfide) groups is 1. The molecule has 0 radical (unpaired) electrons. The van der Waals surface area contributed by atoms with Crippen molar-refractivity contribution < 1.29 is 42.2 Å². The summed E-state index contributed by atoms with van der Waals surface area (Å²) in [7, 11) is 0. The van der Waals surface area contributed by atoms with E-state index in [4.69, 9.17) is 4.74 Å². The summed E-state index contributed by atoms with van der Waals surface area (Å²) in [5.74, 6) is -1.30. The van der Waals surface area contributed by atoms with Crippen molar-refractivity contribution in [1.29, 1.82) is 0 Å². The second kappa shape index (κ2) is 13.6. The van der Waals surface area contributed by atoms with Crippen LogP contribution in [0.5, 0.6) is 0 Å².